The molecule has 3 rings (SSSR count). The molecule has 33 heavy (non-hydrogen) atoms. The van der Waals surface area contributed by atoms with Crippen LogP contribution in [0.3, 0.4) is 0 Å². The lowest BCUT2D eigenvalue weighted by Gasteiger charge is -2.31. The Morgan fingerprint density at radius 3 is 2.18 bits per heavy atom. The van der Waals surface area contributed by atoms with Crippen molar-refractivity contribution in [3.05, 3.63) is 60.2 Å². The molecule has 3 N–H and O–H groups in total. The van der Waals surface area contributed by atoms with Crippen molar-refractivity contribution in [1.29, 1.82) is 0 Å². The second-order valence-corrected chi connectivity index (χ2v) is 9.34. The second-order valence-electron chi connectivity index (χ2n) is 8.71. The monoisotopic (exact) mass is 468 g/mol. The Hall–Kier alpha value is -2.80. The summed E-state index contributed by atoms with van der Waals surface area (Å²) in [5.74, 6) is -1.81. The molecule has 2 aromatic carbocycles. The molecule has 0 bridgehead atoms. The lowest BCUT2D eigenvalue weighted by atomic mass is 9.94. The van der Waals surface area contributed by atoms with Crippen LogP contribution in [0, 0.1) is 0 Å². The standard InChI is InChI=1S/C26H32N2O4S/c1-2-8-22(33)23(29)28-26(15-6-7-16-26)25(32)27-21(24(30)31)17-18-11-13-20(14-12-18)19-9-4-3-5-10-19/h3-5,9-14,21-22,33H,2,6-8,15-17H2,1H3,(H,27,32)(H,28,29)(H,30,31)/t21-,22+/m0/s1. The molecular weight excluding hydrogens is 436 g/mol. The van der Waals surface area contributed by atoms with Gasteiger partial charge < -0.3 is 15.7 Å². The van der Waals surface area contributed by atoms with Crippen molar-refractivity contribution in [2.45, 2.75) is 68.7 Å². The van der Waals surface area contributed by atoms with E-state index in [1.807, 2.05) is 61.5 Å². The van der Waals surface area contributed by atoms with E-state index in [9.17, 15) is 19.5 Å². The Labute approximate surface area is 200 Å². The van der Waals surface area contributed by atoms with Gasteiger partial charge in [-0.2, -0.15) is 12.6 Å². The maximum absolute atomic E-state index is 13.2. The van der Waals surface area contributed by atoms with Crippen molar-refractivity contribution < 1.29 is 19.5 Å². The van der Waals surface area contributed by atoms with E-state index in [4.69, 9.17) is 0 Å². The Kier molecular flexibility index (Phi) is 8.55. The van der Waals surface area contributed by atoms with Crippen LogP contribution < -0.4 is 10.6 Å². The molecule has 0 radical (unpaired) electrons. The average molecular weight is 469 g/mol. The molecular formula is C26H32N2O4S. The molecule has 0 unspecified atom stereocenters. The van der Waals surface area contributed by atoms with Gasteiger partial charge in [-0.25, -0.2) is 4.79 Å². The highest BCUT2D eigenvalue weighted by molar-refractivity contribution is 7.81. The molecule has 176 valence electrons. The van der Waals surface area contributed by atoms with Gasteiger partial charge in [0.25, 0.3) is 0 Å². The molecule has 1 aliphatic rings. The minimum atomic E-state index is -1.10. The first-order chi connectivity index (χ1) is 15.8. The zero-order valence-corrected chi connectivity index (χ0v) is 19.8. The highest BCUT2D eigenvalue weighted by Gasteiger charge is 2.44. The van der Waals surface area contributed by atoms with E-state index in [0.717, 1.165) is 36.0 Å². The molecule has 1 saturated carbocycles. The lowest BCUT2D eigenvalue weighted by Crippen LogP contribution is -2.61. The maximum atomic E-state index is 13.2. The number of hydrogen-bond acceptors (Lipinski definition) is 4. The third-order valence-electron chi connectivity index (χ3n) is 6.22. The van der Waals surface area contributed by atoms with E-state index in [-0.39, 0.29) is 12.3 Å². The minimum Gasteiger partial charge on any atom is -0.480 e. The van der Waals surface area contributed by atoms with Crippen LogP contribution in [0.15, 0.2) is 54.6 Å². The molecule has 0 aliphatic heterocycles. The Morgan fingerprint density at radius 2 is 1.61 bits per heavy atom. The SMILES string of the molecule is CCC[C@@H](S)C(=O)NC1(C(=O)N[C@@H](Cc2ccc(-c3ccccc3)cc2)C(=O)O)CCCC1. The van der Waals surface area contributed by atoms with Crippen LogP contribution in [-0.2, 0) is 20.8 Å². The highest BCUT2D eigenvalue weighted by Crippen LogP contribution is 2.31. The van der Waals surface area contributed by atoms with Crippen LogP contribution in [0.2, 0.25) is 0 Å². The number of nitrogens with one attached hydrogen (secondary N) is 2. The first-order valence-corrected chi connectivity index (χ1v) is 12.0. The van der Waals surface area contributed by atoms with Gasteiger partial charge in [-0.1, -0.05) is 80.8 Å². The number of carboxylic acids is 1. The average Bonchev–Trinajstić information content (AvgIpc) is 3.29. The number of carbonyl (C=O) groups excluding carboxylic acids is 2. The van der Waals surface area contributed by atoms with Crippen LogP contribution in [0.1, 0.15) is 51.0 Å². The fourth-order valence-corrected chi connectivity index (χ4v) is 4.63. The topological polar surface area (TPSA) is 95.5 Å². The summed E-state index contributed by atoms with van der Waals surface area (Å²) in [5, 5.41) is 14.9. The summed E-state index contributed by atoms with van der Waals surface area (Å²) in [6.07, 6.45) is 4.18. The van der Waals surface area contributed by atoms with Crippen LogP contribution in [0.25, 0.3) is 11.1 Å². The largest absolute Gasteiger partial charge is 0.480 e. The molecule has 2 amide bonds. The van der Waals surface area contributed by atoms with E-state index >= 15 is 0 Å². The summed E-state index contributed by atoms with van der Waals surface area (Å²) in [7, 11) is 0. The van der Waals surface area contributed by atoms with E-state index in [1.165, 1.54) is 0 Å². The van der Waals surface area contributed by atoms with Gasteiger partial charge in [-0.3, -0.25) is 9.59 Å². The molecule has 0 heterocycles. The van der Waals surface area contributed by atoms with Gasteiger partial charge in [0.15, 0.2) is 0 Å². The third-order valence-corrected chi connectivity index (χ3v) is 6.72. The fraction of sp³-hybridized carbons (Fsp3) is 0.423. The number of hydrogen-bond donors (Lipinski definition) is 4. The number of amides is 2. The molecule has 1 aliphatic carbocycles. The van der Waals surface area contributed by atoms with Crippen molar-refractivity contribution >= 4 is 30.4 Å². The summed E-state index contributed by atoms with van der Waals surface area (Å²) >= 11 is 4.35. The number of rotatable bonds is 10. The van der Waals surface area contributed by atoms with Crippen LogP contribution in [0.5, 0.6) is 0 Å². The van der Waals surface area contributed by atoms with Gasteiger partial charge >= 0.3 is 5.97 Å². The molecule has 1 fully saturated rings. The number of carboxylic acid groups (broad SMARTS) is 1. The van der Waals surface area contributed by atoms with Gasteiger partial charge in [-0.05, 0) is 36.0 Å². The molecule has 0 aromatic heterocycles. The zero-order chi connectivity index (χ0) is 23.8. The van der Waals surface area contributed by atoms with Gasteiger partial charge in [0, 0.05) is 6.42 Å². The predicted molar refractivity (Wildman–Crippen MR) is 132 cm³/mol. The predicted octanol–water partition coefficient (Wildman–Crippen LogP) is 3.99. The van der Waals surface area contributed by atoms with E-state index in [1.54, 1.807) is 0 Å². The van der Waals surface area contributed by atoms with Crippen molar-refractivity contribution in [3.8, 4) is 11.1 Å². The molecule has 0 saturated heterocycles. The molecule has 0 spiro atoms. The number of benzene rings is 2. The number of thiol groups is 1. The molecule has 2 aromatic rings. The van der Waals surface area contributed by atoms with Crippen molar-refractivity contribution in [2.75, 3.05) is 0 Å². The number of carbonyl (C=O) groups is 3. The number of aliphatic carboxylic acids is 1. The zero-order valence-electron chi connectivity index (χ0n) is 18.9. The fourth-order valence-electron chi connectivity index (χ4n) is 4.31. The Morgan fingerprint density at radius 1 is 1.00 bits per heavy atom. The Bertz CT molecular complexity index is 956. The van der Waals surface area contributed by atoms with Crippen LogP contribution >= 0.6 is 12.6 Å². The van der Waals surface area contributed by atoms with Gasteiger partial charge in [0.1, 0.15) is 11.6 Å². The normalized spacial score (nSPS) is 16.5. The van der Waals surface area contributed by atoms with Crippen molar-refractivity contribution in [3.63, 3.8) is 0 Å². The van der Waals surface area contributed by atoms with Gasteiger partial charge in [-0.15, -0.1) is 0 Å². The summed E-state index contributed by atoms with van der Waals surface area (Å²) in [6, 6.07) is 16.5. The highest BCUT2D eigenvalue weighted by atomic mass is 32.1. The summed E-state index contributed by atoms with van der Waals surface area (Å²) < 4.78 is 0. The van der Waals surface area contributed by atoms with Gasteiger partial charge in [0.05, 0.1) is 5.25 Å². The summed E-state index contributed by atoms with van der Waals surface area (Å²) in [6.45, 7) is 1.97. The minimum absolute atomic E-state index is 0.158. The van der Waals surface area contributed by atoms with Crippen LogP contribution in [0.4, 0.5) is 0 Å². The van der Waals surface area contributed by atoms with Crippen LogP contribution in [-0.4, -0.2) is 39.7 Å². The van der Waals surface area contributed by atoms with E-state index in [2.05, 4.69) is 23.3 Å². The summed E-state index contributed by atoms with van der Waals surface area (Å²) in [4.78, 5) is 37.7. The van der Waals surface area contributed by atoms with Gasteiger partial charge in [0.2, 0.25) is 11.8 Å². The second kappa shape index (κ2) is 11.4. The molecule has 7 heteroatoms. The van der Waals surface area contributed by atoms with Crippen molar-refractivity contribution in [2.24, 2.45) is 0 Å². The third kappa shape index (κ3) is 6.38. The quantitative estimate of drug-likeness (QED) is 0.397. The first-order valence-electron chi connectivity index (χ1n) is 11.5. The first kappa shape index (κ1) is 24.8. The summed E-state index contributed by atoms with van der Waals surface area (Å²) in [5.41, 5.74) is 1.86. The maximum Gasteiger partial charge on any atom is 0.326 e. The molecule has 2 atom stereocenters. The lowest BCUT2D eigenvalue weighted by molar-refractivity contribution is -0.143. The van der Waals surface area contributed by atoms with E-state index < -0.39 is 28.7 Å². The van der Waals surface area contributed by atoms with E-state index in [0.29, 0.717) is 19.3 Å². The van der Waals surface area contributed by atoms with Crippen molar-refractivity contribution in [1.82, 2.24) is 10.6 Å². The Balaban J connectivity index is 1.69. The smallest absolute Gasteiger partial charge is 0.326 e. The molecule has 6 nitrogen and oxygen atoms in total.